The van der Waals surface area contributed by atoms with Gasteiger partial charge in [0.25, 0.3) is 5.91 Å². The van der Waals surface area contributed by atoms with Crippen LogP contribution in [0.25, 0.3) is 10.4 Å². The van der Waals surface area contributed by atoms with Crippen LogP contribution in [0.4, 0.5) is 0 Å². The highest BCUT2D eigenvalue weighted by molar-refractivity contribution is 7.13. The zero-order valence-corrected chi connectivity index (χ0v) is 17.0. The number of amides is 1. The summed E-state index contributed by atoms with van der Waals surface area (Å²) in [6.45, 7) is 0. The summed E-state index contributed by atoms with van der Waals surface area (Å²) in [5.74, 6) is -0.0391. The summed E-state index contributed by atoms with van der Waals surface area (Å²) in [6, 6.07) is 1.93. The van der Waals surface area contributed by atoms with E-state index in [1.807, 2.05) is 28.6 Å². The minimum absolute atomic E-state index is 0.0319. The first-order valence-electron chi connectivity index (χ1n) is 9.34. The number of hydrogen-bond acceptors (Lipinski definition) is 6. The fourth-order valence-electron chi connectivity index (χ4n) is 4.19. The SMILES string of the molecule is O=C(c1csc(-c2cn[nH]c2)c1)N1C2=CCC1CCC(O)(c1ncncc1Cl)C2. The number of rotatable bonds is 3. The maximum atomic E-state index is 13.3. The Hall–Kier alpha value is -2.55. The third-order valence-corrected chi connectivity index (χ3v) is 6.88. The minimum Gasteiger partial charge on any atom is -0.383 e. The predicted octanol–water partition coefficient (Wildman–Crippen LogP) is 3.75. The molecule has 0 aromatic carbocycles. The van der Waals surface area contributed by atoms with Gasteiger partial charge in [0.2, 0.25) is 0 Å². The smallest absolute Gasteiger partial charge is 0.259 e. The fraction of sp³-hybridized carbons (Fsp3) is 0.300. The Labute approximate surface area is 176 Å². The number of aromatic nitrogens is 4. The van der Waals surface area contributed by atoms with E-state index in [9.17, 15) is 9.90 Å². The molecule has 148 valence electrons. The number of halogens is 1. The van der Waals surface area contributed by atoms with Crippen molar-refractivity contribution >= 4 is 28.8 Å². The summed E-state index contributed by atoms with van der Waals surface area (Å²) in [5.41, 5.74) is 1.64. The Morgan fingerprint density at radius 3 is 3.10 bits per heavy atom. The van der Waals surface area contributed by atoms with E-state index < -0.39 is 5.60 Å². The van der Waals surface area contributed by atoms with Gasteiger partial charge in [0.15, 0.2) is 0 Å². The van der Waals surface area contributed by atoms with E-state index >= 15 is 0 Å². The number of carbonyl (C=O) groups is 1. The van der Waals surface area contributed by atoms with Crippen LogP contribution in [0.5, 0.6) is 0 Å². The van der Waals surface area contributed by atoms with Crippen LogP contribution in [0.2, 0.25) is 5.02 Å². The molecule has 0 spiro atoms. The van der Waals surface area contributed by atoms with Crippen LogP contribution >= 0.6 is 22.9 Å². The molecule has 1 fully saturated rings. The lowest BCUT2D eigenvalue weighted by molar-refractivity contribution is 0.0232. The van der Waals surface area contributed by atoms with Crippen molar-refractivity contribution in [2.24, 2.45) is 0 Å². The quantitative estimate of drug-likeness (QED) is 0.663. The van der Waals surface area contributed by atoms with Crippen molar-refractivity contribution in [1.82, 2.24) is 25.1 Å². The Bertz CT molecular complexity index is 1100. The Balaban J connectivity index is 1.43. The highest BCUT2D eigenvalue weighted by Crippen LogP contribution is 2.44. The Morgan fingerprint density at radius 1 is 1.41 bits per heavy atom. The normalized spacial score (nSPS) is 23.7. The topological polar surface area (TPSA) is 95.0 Å². The van der Waals surface area contributed by atoms with Gasteiger partial charge in [-0.25, -0.2) is 9.97 Å². The number of aromatic amines is 1. The largest absolute Gasteiger partial charge is 0.383 e. The Morgan fingerprint density at radius 2 is 2.31 bits per heavy atom. The van der Waals surface area contributed by atoms with Gasteiger partial charge in [-0.1, -0.05) is 17.7 Å². The van der Waals surface area contributed by atoms with Gasteiger partial charge >= 0.3 is 0 Å². The van der Waals surface area contributed by atoms with Gasteiger partial charge in [-0.05, 0) is 25.3 Å². The molecule has 0 radical (unpaired) electrons. The van der Waals surface area contributed by atoms with E-state index in [0.717, 1.165) is 22.6 Å². The highest BCUT2D eigenvalue weighted by atomic mass is 35.5. The van der Waals surface area contributed by atoms with Crippen molar-refractivity contribution in [2.45, 2.75) is 37.3 Å². The minimum atomic E-state index is -1.21. The first kappa shape index (κ1) is 18.5. The summed E-state index contributed by atoms with van der Waals surface area (Å²) >= 11 is 7.77. The van der Waals surface area contributed by atoms with Crippen LogP contribution in [0, 0.1) is 0 Å². The average molecular weight is 428 g/mol. The highest BCUT2D eigenvalue weighted by Gasteiger charge is 2.44. The third kappa shape index (κ3) is 3.17. The maximum Gasteiger partial charge on any atom is 0.259 e. The zero-order chi connectivity index (χ0) is 20.0. The molecule has 1 saturated heterocycles. The van der Waals surface area contributed by atoms with Gasteiger partial charge < -0.3 is 10.0 Å². The molecule has 2 bridgehead atoms. The predicted molar refractivity (Wildman–Crippen MR) is 109 cm³/mol. The molecular formula is C20H18ClN5O2S. The van der Waals surface area contributed by atoms with Crippen LogP contribution in [-0.4, -0.2) is 42.1 Å². The third-order valence-electron chi connectivity index (χ3n) is 5.62. The van der Waals surface area contributed by atoms with Gasteiger partial charge in [0.1, 0.15) is 11.9 Å². The molecule has 7 nitrogen and oxygen atoms in total. The van der Waals surface area contributed by atoms with Crippen molar-refractivity contribution in [1.29, 1.82) is 0 Å². The maximum absolute atomic E-state index is 13.3. The molecule has 2 aliphatic rings. The first-order chi connectivity index (χ1) is 14.0. The summed E-state index contributed by atoms with van der Waals surface area (Å²) in [6.07, 6.45) is 10.7. The molecular weight excluding hydrogens is 410 g/mol. The second-order valence-electron chi connectivity index (χ2n) is 7.41. The second-order valence-corrected chi connectivity index (χ2v) is 8.73. The molecule has 2 atom stereocenters. The van der Waals surface area contributed by atoms with Crippen molar-refractivity contribution in [2.75, 3.05) is 0 Å². The fourth-order valence-corrected chi connectivity index (χ4v) is 5.33. The summed E-state index contributed by atoms with van der Waals surface area (Å²) in [4.78, 5) is 24.3. The number of fused-ring (bicyclic) bond motifs is 2. The standard InChI is InChI=1S/C20H18ClN5O2S/c21-16-9-22-11-23-18(16)20(28)4-3-14-1-2-15(6-20)26(14)19(27)12-5-17(29-10-12)13-7-24-25-8-13/h2,5,7-11,14,28H,1,3-4,6H2,(H,24,25). The molecule has 0 saturated carbocycles. The lowest BCUT2D eigenvalue weighted by atomic mass is 9.87. The number of nitrogens with zero attached hydrogens (tertiary/aromatic N) is 4. The summed E-state index contributed by atoms with van der Waals surface area (Å²) in [5, 5.41) is 20.3. The molecule has 29 heavy (non-hydrogen) atoms. The van der Waals surface area contributed by atoms with E-state index in [4.69, 9.17) is 11.6 Å². The number of H-pyrrole nitrogens is 1. The van der Waals surface area contributed by atoms with E-state index in [0.29, 0.717) is 35.5 Å². The van der Waals surface area contributed by atoms with Crippen LogP contribution in [0.1, 0.15) is 41.7 Å². The van der Waals surface area contributed by atoms with Crippen molar-refractivity contribution < 1.29 is 9.90 Å². The molecule has 5 rings (SSSR count). The van der Waals surface area contributed by atoms with Crippen LogP contribution in [0.15, 0.2) is 48.1 Å². The van der Waals surface area contributed by atoms with Crippen LogP contribution < -0.4 is 0 Å². The average Bonchev–Trinajstić information content (AvgIpc) is 3.44. The molecule has 2 unspecified atom stereocenters. The zero-order valence-electron chi connectivity index (χ0n) is 15.4. The van der Waals surface area contributed by atoms with Crippen LogP contribution in [0.3, 0.4) is 0 Å². The van der Waals surface area contributed by atoms with Crippen molar-refractivity contribution in [3.8, 4) is 10.4 Å². The summed E-state index contributed by atoms with van der Waals surface area (Å²) < 4.78 is 0. The lowest BCUT2D eigenvalue weighted by Crippen LogP contribution is -2.34. The van der Waals surface area contributed by atoms with Gasteiger partial charge in [-0.15, -0.1) is 11.3 Å². The molecule has 3 aromatic rings. The molecule has 3 aromatic heterocycles. The number of carbonyl (C=O) groups excluding carboxylic acids is 1. The molecule has 1 amide bonds. The monoisotopic (exact) mass is 427 g/mol. The van der Waals surface area contributed by atoms with Crippen molar-refractivity contribution in [3.63, 3.8) is 0 Å². The van der Waals surface area contributed by atoms with Gasteiger partial charge in [0, 0.05) is 46.4 Å². The van der Waals surface area contributed by atoms with Crippen molar-refractivity contribution in [3.05, 3.63) is 64.4 Å². The number of nitrogens with one attached hydrogen (secondary N) is 1. The molecule has 9 heteroatoms. The van der Waals surface area contributed by atoms with Gasteiger partial charge in [-0.2, -0.15) is 5.10 Å². The molecule has 2 aliphatic heterocycles. The number of hydrogen-bond donors (Lipinski definition) is 2. The Kier molecular flexibility index (Phi) is 4.49. The van der Waals surface area contributed by atoms with Gasteiger partial charge in [0.05, 0.1) is 22.5 Å². The van der Waals surface area contributed by atoms with E-state index in [2.05, 4.69) is 20.2 Å². The van der Waals surface area contributed by atoms with E-state index in [1.165, 1.54) is 23.9 Å². The lowest BCUT2D eigenvalue weighted by Gasteiger charge is -2.28. The van der Waals surface area contributed by atoms with E-state index in [-0.39, 0.29) is 11.9 Å². The van der Waals surface area contributed by atoms with Gasteiger partial charge in [-0.3, -0.25) is 9.89 Å². The number of thiophene rings is 1. The number of aliphatic hydroxyl groups is 1. The molecule has 0 aliphatic carbocycles. The first-order valence-corrected chi connectivity index (χ1v) is 10.6. The van der Waals surface area contributed by atoms with E-state index in [1.54, 1.807) is 6.20 Å². The molecule has 2 N–H and O–H groups in total. The second kappa shape index (κ2) is 7.05. The summed E-state index contributed by atoms with van der Waals surface area (Å²) in [7, 11) is 0. The van der Waals surface area contributed by atoms with Crippen LogP contribution in [-0.2, 0) is 5.60 Å². The molecule has 5 heterocycles.